The van der Waals surface area contributed by atoms with Gasteiger partial charge in [-0.2, -0.15) is 0 Å². The Bertz CT molecular complexity index is 2360. The zero-order chi connectivity index (χ0) is 35.1. The molecule has 4 nitrogen and oxygen atoms in total. The number of allylic oxidation sites excluding steroid dienone is 3. The SMILES string of the molecule is CNc1ccc(C2=C(C(C)=C=[N-])C(c3ccc(N(CCC(C)C)CCC(C)C)c4cc5ccccc5cc34)C2=O)c2cc3ccccc3cc12. The van der Waals surface area contributed by atoms with Gasteiger partial charge in [0.05, 0.1) is 5.92 Å². The van der Waals surface area contributed by atoms with Crippen LogP contribution in [-0.4, -0.2) is 31.8 Å². The molecule has 1 unspecified atom stereocenters. The Kier molecular flexibility index (Phi) is 9.07. The molecule has 252 valence electrons. The van der Waals surface area contributed by atoms with E-state index in [1.165, 1.54) is 16.5 Å². The molecular weight excluding hydrogens is 611 g/mol. The van der Waals surface area contributed by atoms with Gasteiger partial charge in [0.2, 0.25) is 0 Å². The first-order valence-electron chi connectivity index (χ1n) is 18.1. The molecule has 1 aliphatic rings. The third kappa shape index (κ3) is 5.88. The van der Waals surface area contributed by atoms with Crippen molar-refractivity contribution in [1.29, 1.82) is 0 Å². The normalized spacial score (nSPS) is 14.6. The summed E-state index contributed by atoms with van der Waals surface area (Å²) in [7, 11) is 1.93. The van der Waals surface area contributed by atoms with Gasteiger partial charge in [0, 0.05) is 47.9 Å². The van der Waals surface area contributed by atoms with Crippen molar-refractivity contribution in [2.24, 2.45) is 11.8 Å². The number of Topliss-reactive ketones (excluding diaryl/α,β-unsaturated/α-hetero) is 1. The van der Waals surface area contributed by atoms with Gasteiger partial charge >= 0.3 is 0 Å². The van der Waals surface area contributed by atoms with Crippen molar-refractivity contribution in [2.45, 2.75) is 53.4 Å². The summed E-state index contributed by atoms with van der Waals surface area (Å²) in [6.07, 6.45) is 2.22. The van der Waals surface area contributed by atoms with Crippen molar-refractivity contribution in [3.63, 3.8) is 0 Å². The van der Waals surface area contributed by atoms with E-state index in [1.54, 1.807) is 0 Å². The van der Waals surface area contributed by atoms with E-state index in [0.717, 1.165) is 80.6 Å². The Morgan fingerprint density at radius 2 is 1.28 bits per heavy atom. The maximum absolute atomic E-state index is 14.7. The average molecular weight is 657 g/mol. The molecule has 1 aliphatic carbocycles. The van der Waals surface area contributed by atoms with Gasteiger partial charge in [-0.15, -0.1) is 0 Å². The lowest BCUT2D eigenvalue weighted by molar-refractivity contribution is -0.115. The molecule has 0 bridgehead atoms. The average Bonchev–Trinajstić information content (AvgIpc) is 3.12. The highest BCUT2D eigenvalue weighted by molar-refractivity contribution is 6.37. The highest BCUT2D eigenvalue weighted by Crippen LogP contribution is 2.51. The van der Waals surface area contributed by atoms with Crippen molar-refractivity contribution in [1.82, 2.24) is 0 Å². The second-order valence-electron chi connectivity index (χ2n) is 14.7. The van der Waals surface area contributed by atoms with Gasteiger partial charge in [0.1, 0.15) is 0 Å². The number of fused-ring (bicyclic) bond motifs is 4. The fraction of sp³-hybridized carbons (Fsp3) is 0.283. The maximum Gasteiger partial charge on any atom is 0.175 e. The first-order valence-corrected chi connectivity index (χ1v) is 18.1. The molecule has 0 aliphatic heterocycles. The van der Waals surface area contributed by atoms with Crippen LogP contribution in [0.25, 0.3) is 54.1 Å². The molecule has 6 aromatic rings. The van der Waals surface area contributed by atoms with Crippen LogP contribution in [0.15, 0.2) is 108 Å². The minimum Gasteiger partial charge on any atom is -0.763 e. The standard InChI is InChI=1S/C46H46N3O/c1-28(2)19-21-49(22-20-29(3)4)42-18-16-36(38-24-32-12-8-10-14-34(32)26-40(38)42)45-43(30(5)27-47)44(46(45)50)35-15-17-41(48-6)39-25-33-13-9-7-11-31(33)23-37(35)39/h7-18,23-26,28-29,45,48H,19-22H2,1-6H3/q-1. The highest BCUT2D eigenvalue weighted by Gasteiger charge is 2.42. The number of nitrogens with zero attached hydrogens (tertiary/aromatic N) is 2. The zero-order valence-electron chi connectivity index (χ0n) is 30.1. The minimum atomic E-state index is -0.512. The second kappa shape index (κ2) is 13.6. The number of hydrogen-bond donors (Lipinski definition) is 1. The van der Waals surface area contributed by atoms with E-state index in [9.17, 15) is 10.2 Å². The summed E-state index contributed by atoms with van der Waals surface area (Å²) >= 11 is 0. The largest absolute Gasteiger partial charge is 0.763 e. The lowest BCUT2D eigenvalue weighted by Crippen LogP contribution is -2.30. The number of anilines is 2. The fourth-order valence-electron chi connectivity index (χ4n) is 7.73. The predicted molar refractivity (Wildman–Crippen MR) is 216 cm³/mol. The quantitative estimate of drug-likeness (QED) is 0.112. The molecule has 0 radical (unpaired) electrons. The predicted octanol–water partition coefficient (Wildman–Crippen LogP) is 11.5. The van der Waals surface area contributed by atoms with Gasteiger partial charge in [-0.25, -0.2) is 0 Å². The molecule has 0 heterocycles. The summed E-state index contributed by atoms with van der Waals surface area (Å²) in [4.78, 5) is 17.3. The second-order valence-corrected chi connectivity index (χ2v) is 14.7. The van der Waals surface area contributed by atoms with Crippen LogP contribution in [0.3, 0.4) is 0 Å². The molecule has 7 rings (SSSR count). The van der Waals surface area contributed by atoms with Crippen LogP contribution in [-0.2, 0) is 4.79 Å². The first kappa shape index (κ1) is 33.3. The van der Waals surface area contributed by atoms with E-state index in [4.69, 9.17) is 0 Å². The van der Waals surface area contributed by atoms with Crippen molar-refractivity contribution < 1.29 is 4.79 Å². The minimum absolute atomic E-state index is 0.0694. The smallest absolute Gasteiger partial charge is 0.175 e. The summed E-state index contributed by atoms with van der Waals surface area (Å²) < 4.78 is 0. The van der Waals surface area contributed by atoms with E-state index in [0.29, 0.717) is 23.0 Å². The number of rotatable bonds is 11. The summed E-state index contributed by atoms with van der Waals surface area (Å²) in [5, 5.41) is 22.6. The highest BCUT2D eigenvalue weighted by atomic mass is 16.1. The van der Waals surface area contributed by atoms with Crippen LogP contribution in [0, 0.1) is 11.8 Å². The lowest BCUT2D eigenvalue weighted by Gasteiger charge is -2.35. The number of carbonyl (C=O) groups is 1. The Morgan fingerprint density at radius 1 is 0.740 bits per heavy atom. The molecule has 0 saturated heterocycles. The first-order chi connectivity index (χ1) is 24.2. The van der Waals surface area contributed by atoms with Gasteiger partial charge in [0.15, 0.2) is 5.78 Å². The number of carbonyl (C=O) groups excluding carboxylic acids is 1. The van der Waals surface area contributed by atoms with E-state index >= 15 is 0 Å². The summed E-state index contributed by atoms with van der Waals surface area (Å²) in [5.74, 6) is 3.19. The van der Waals surface area contributed by atoms with Crippen LogP contribution in [0.5, 0.6) is 0 Å². The van der Waals surface area contributed by atoms with E-state index < -0.39 is 5.92 Å². The maximum atomic E-state index is 14.7. The fourth-order valence-corrected chi connectivity index (χ4v) is 7.73. The Morgan fingerprint density at radius 3 is 1.82 bits per heavy atom. The van der Waals surface area contributed by atoms with Gasteiger partial charge in [-0.1, -0.05) is 88.4 Å². The topological polar surface area (TPSA) is 54.6 Å². The summed E-state index contributed by atoms with van der Waals surface area (Å²) in [6, 6.07) is 34.3. The van der Waals surface area contributed by atoms with Crippen LogP contribution in [0.1, 0.15) is 64.5 Å². The van der Waals surface area contributed by atoms with Crippen molar-refractivity contribution >= 4 is 71.7 Å². The molecule has 50 heavy (non-hydrogen) atoms. The van der Waals surface area contributed by atoms with Gasteiger partial charge in [-0.05, 0) is 123 Å². The molecule has 0 fully saturated rings. The number of hydrogen-bond acceptors (Lipinski definition) is 3. The van der Waals surface area contributed by atoms with Crippen molar-refractivity contribution in [3.05, 3.63) is 125 Å². The van der Waals surface area contributed by atoms with Crippen LogP contribution < -0.4 is 10.2 Å². The molecule has 1 N–H and O–H groups in total. The Labute approximate surface area is 296 Å². The van der Waals surface area contributed by atoms with E-state index in [-0.39, 0.29) is 5.78 Å². The summed E-state index contributed by atoms with van der Waals surface area (Å²) in [6.45, 7) is 13.0. The van der Waals surface area contributed by atoms with Gasteiger partial charge < -0.3 is 15.6 Å². The molecule has 4 heteroatoms. The molecule has 1 atom stereocenters. The molecule has 0 aromatic heterocycles. The molecule has 0 amide bonds. The molecular formula is C46H46N3O-. The van der Waals surface area contributed by atoms with Gasteiger partial charge in [-0.3, -0.25) is 10.7 Å². The van der Waals surface area contributed by atoms with Crippen molar-refractivity contribution in [2.75, 3.05) is 30.4 Å². The Balaban J connectivity index is 1.45. The van der Waals surface area contributed by atoms with Gasteiger partial charge in [0.25, 0.3) is 0 Å². The monoisotopic (exact) mass is 656 g/mol. The van der Waals surface area contributed by atoms with Crippen LogP contribution >= 0.6 is 0 Å². The number of ketones is 1. The third-order valence-electron chi connectivity index (χ3n) is 10.6. The molecule has 0 spiro atoms. The number of benzene rings is 6. The van der Waals surface area contributed by atoms with Crippen LogP contribution in [0.2, 0.25) is 0 Å². The lowest BCUT2D eigenvalue weighted by atomic mass is 9.66. The molecule has 6 aromatic carbocycles. The van der Waals surface area contributed by atoms with Crippen molar-refractivity contribution in [3.8, 4) is 0 Å². The van der Waals surface area contributed by atoms with E-state index in [1.807, 2.05) is 26.1 Å². The van der Waals surface area contributed by atoms with E-state index in [2.05, 4.69) is 129 Å². The number of nitrogens with one attached hydrogen (secondary N) is 1. The Hall–Kier alpha value is -5.18. The molecule has 0 saturated carbocycles. The van der Waals surface area contributed by atoms with Crippen LogP contribution in [0.4, 0.5) is 11.4 Å². The summed E-state index contributed by atoms with van der Waals surface area (Å²) in [5.41, 5.74) is 6.17. The third-order valence-corrected chi connectivity index (χ3v) is 10.6. The zero-order valence-corrected chi connectivity index (χ0v) is 30.1.